The molecule has 1 aliphatic rings. The van der Waals surface area contributed by atoms with Crippen molar-refractivity contribution < 1.29 is 22.6 Å². The van der Waals surface area contributed by atoms with Gasteiger partial charge in [0.2, 0.25) is 0 Å². The van der Waals surface area contributed by atoms with Crippen molar-refractivity contribution in [2.75, 3.05) is 20.8 Å². The fourth-order valence-corrected chi connectivity index (χ4v) is 3.13. The zero-order chi connectivity index (χ0) is 20.7. The zero-order valence-corrected chi connectivity index (χ0v) is 16.7. The number of fused-ring (bicyclic) bond motifs is 1. The Morgan fingerprint density at radius 1 is 0.929 bits per heavy atom. The fraction of sp³-hybridized carbons (Fsp3) is 0.409. The van der Waals surface area contributed by atoms with Gasteiger partial charge in [0.25, 0.3) is 0 Å². The molecular formula is C22H26F3NO2. The van der Waals surface area contributed by atoms with E-state index in [4.69, 9.17) is 9.47 Å². The molecule has 6 heteroatoms. The SMILES string of the molecule is CC.COc1cc2c(cc1OC)C(CCc1ccc(C(F)(F)F)cc1)=NCC2. The smallest absolute Gasteiger partial charge is 0.416 e. The minimum atomic E-state index is -4.31. The third kappa shape index (κ3) is 5.06. The average Bonchev–Trinajstić information content (AvgIpc) is 2.72. The maximum Gasteiger partial charge on any atom is 0.416 e. The van der Waals surface area contributed by atoms with Crippen LogP contribution in [0.2, 0.25) is 0 Å². The average molecular weight is 393 g/mol. The van der Waals surface area contributed by atoms with Crippen LogP contribution >= 0.6 is 0 Å². The summed E-state index contributed by atoms with van der Waals surface area (Å²) in [5, 5.41) is 0. The van der Waals surface area contributed by atoms with Gasteiger partial charge in [0, 0.05) is 17.8 Å². The van der Waals surface area contributed by atoms with Crippen LogP contribution in [0.3, 0.4) is 0 Å². The third-order valence-electron chi connectivity index (χ3n) is 4.54. The van der Waals surface area contributed by atoms with E-state index in [0.717, 1.165) is 41.0 Å². The van der Waals surface area contributed by atoms with Gasteiger partial charge in [-0.15, -0.1) is 0 Å². The number of halogens is 3. The number of aliphatic imine (C=N–C) groups is 1. The molecule has 0 saturated carbocycles. The highest BCUT2D eigenvalue weighted by atomic mass is 19.4. The molecule has 0 unspecified atom stereocenters. The monoisotopic (exact) mass is 393 g/mol. The molecule has 152 valence electrons. The molecule has 2 aromatic rings. The number of benzene rings is 2. The number of methoxy groups -OCH3 is 2. The maximum absolute atomic E-state index is 12.7. The summed E-state index contributed by atoms with van der Waals surface area (Å²) >= 11 is 0. The zero-order valence-electron chi connectivity index (χ0n) is 16.7. The second kappa shape index (κ2) is 9.62. The van der Waals surface area contributed by atoms with Crippen LogP contribution in [0.4, 0.5) is 13.2 Å². The standard InChI is InChI=1S/C20H20F3NO2.C2H6/c1-25-18-11-14-9-10-24-17(16(14)12-19(18)26-2)8-5-13-3-6-15(7-4-13)20(21,22)23;1-2/h3-4,6-7,11-12H,5,8-10H2,1-2H3;1-2H3. The van der Waals surface area contributed by atoms with Crippen LogP contribution in [-0.4, -0.2) is 26.5 Å². The molecular weight excluding hydrogens is 367 g/mol. The molecule has 1 aliphatic heterocycles. The first-order chi connectivity index (χ1) is 13.4. The van der Waals surface area contributed by atoms with Crippen LogP contribution < -0.4 is 9.47 Å². The molecule has 3 rings (SSSR count). The molecule has 0 N–H and O–H groups in total. The Kier molecular flexibility index (Phi) is 7.49. The summed E-state index contributed by atoms with van der Waals surface area (Å²) in [6, 6.07) is 9.21. The maximum atomic E-state index is 12.7. The predicted octanol–water partition coefficient (Wildman–Crippen LogP) is 5.73. The van der Waals surface area contributed by atoms with Crippen molar-refractivity contribution in [3.8, 4) is 11.5 Å². The Bertz CT molecular complexity index is 812. The Labute approximate surface area is 164 Å². The molecule has 2 aromatic carbocycles. The van der Waals surface area contributed by atoms with Gasteiger partial charge in [0.1, 0.15) is 0 Å². The topological polar surface area (TPSA) is 30.8 Å². The number of rotatable bonds is 5. The van der Waals surface area contributed by atoms with Gasteiger partial charge in [-0.05, 0) is 54.7 Å². The second-order valence-corrected chi connectivity index (χ2v) is 6.14. The van der Waals surface area contributed by atoms with Crippen molar-refractivity contribution >= 4 is 5.71 Å². The summed E-state index contributed by atoms with van der Waals surface area (Å²) in [7, 11) is 3.19. The molecule has 1 heterocycles. The molecule has 0 aromatic heterocycles. The largest absolute Gasteiger partial charge is 0.493 e. The minimum absolute atomic E-state index is 0.626. The highest BCUT2D eigenvalue weighted by Gasteiger charge is 2.29. The Balaban J connectivity index is 0.00000136. The lowest BCUT2D eigenvalue weighted by molar-refractivity contribution is -0.137. The number of nitrogens with zero attached hydrogens (tertiary/aromatic N) is 1. The quantitative estimate of drug-likeness (QED) is 0.650. The normalized spacial score (nSPS) is 13.0. The van der Waals surface area contributed by atoms with Crippen molar-refractivity contribution in [2.45, 2.75) is 39.3 Å². The van der Waals surface area contributed by atoms with E-state index >= 15 is 0 Å². The summed E-state index contributed by atoms with van der Waals surface area (Å²) in [6.45, 7) is 4.70. The van der Waals surface area contributed by atoms with Crippen molar-refractivity contribution in [3.63, 3.8) is 0 Å². The Morgan fingerprint density at radius 2 is 1.54 bits per heavy atom. The predicted molar refractivity (Wildman–Crippen MR) is 106 cm³/mol. The highest BCUT2D eigenvalue weighted by Crippen LogP contribution is 2.33. The summed E-state index contributed by atoms with van der Waals surface area (Å²) in [4.78, 5) is 4.61. The first kappa shape index (κ1) is 21.8. The van der Waals surface area contributed by atoms with E-state index in [1.54, 1.807) is 14.2 Å². The van der Waals surface area contributed by atoms with Gasteiger partial charge in [-0.25, -0.2) is 0 Å². The lowest BCUT2D eigenvalue weighted by Gasteiger charge is -2.20. The molecule has 0 amide bonds. The summed E-state index contributed by atoms with van der Waals surface area (Å²) in [6.07, 6.45) is -2.18. The molecule has 0 spiro atoms. The lowest BCUT2D eigenvalue weighted by Crippen LogP contribution is -2.14. The van der Waals surface area contributed by atoms with Crippen molar-refractivity contribution in [1.82, 2.24) is 0 Å². The molecule has 28 heavy (non-hydrogen) atoms. The highest BCUT2D eigenvalue weighted by molar-refractivity contribution is 6.03. The number of hydrogen-bond donors (Lipinski definition) is 0. The van der Waals surface area contributed by atoms with E-state index in [9.17, 15) is 13.2 Å². The summed E-state index contributed by atoms with van der Waals surface area (Å²) in [5.41, 5.74) is 3.36. The van der Waals surface area contributed by atoms with Crippen LogP contribution in [0.1, 0.15) is 42.5 Å². The lowest BCUT2D eigenvalue weighted by atomic mass is 9.93. The number of alkyl halides is 3. The number of ether oxygens (including phenoxy) is 2. The molecule has 0 fully saturated rings. The van der Waals surface area contributed by atoms with Crippen molar-refractivity contribution in [2.24, 2.45) is 4.99 Å². The van der Waals surface area contributed by atoms with Gasteiger partial charge in [-0.3, -0.25) is 4.99 Å². The summed E-state index contributed by atoms with van der Waals surface area (Å²) < 4.78 is 48.7. The molecule has 0 radical (unpaired) electrons. The summed E-state index contributed by atoms with van der Waals surface area (Å²) in [5.74, 6) is 1.34. The van der Waals surface area contributed by atoms with E-state index in [1.165, 1.54) is 12.1 Å². The van der Waals surface area contributed by atoms with Crippen LogP contribution in [0.5, 0.6) is 11.5 Å². The van der Waals surface area contributed by atoms with E-state index in [2.05, 4.69) is 4.99 Å². The molecule has 0 aliphatic carbocycles. The third-order valence-corrected chi connectivity index (χ3v) is 4.54. The molecule has 0 saturated heterocycles. The van der Waals surface area contributed by atoms with Gasteiger partial charge >= 0.3 is 6.18 Å². The van der Waals surface area contributed by atoms with E-state index < -0.39 is 11.7 Å². The van der Waals surface area contributed by atoms with Crippen LogP contribution in [0.25, 0.3) is 0 Å². The van der Waals surface area contributed by atoms with Gasteiger partial charge < -0.3 is 9.47 Å². The molecule has 3 nitrogen and oxygen atoms in total. The molecule has 0 bridgehead atoms. The number of hydrogen-bond acceptors (Lipinski definition) is 3. The van der Waals surface area contributed by atoms with E-state index in [0.29, 0.717) is 30.9 Å². The first-order valence-electron chi connectivity index (χ1n) is 9.37. The Hall–Kier alpha value is -2.50. The van der Waals surface area contributed by atoms with Crippen molar-refractivity contribution in [3.05, 3.63) is 58.7 Å². The Morgan fingerprint density at radius 3 is 2.11 bits per heavy atom. The van der Waals surface area contributed by atoms with Crippen LogP contribution in [0.15, 0.2) is 41.4 Å². The molecule has 0 atom stereocenters. The van der Waals surface area contributed by atoms with Gasteiger partial charge in [0.05, 0.1) is 19.8 Å². The minimum Gasteiger partial charge on any atom is -0.493 e. The van der Waals surface area contributed by atoms with Gasteiger partial charge in [0.15, 0.2) is 11.5 Å². The van der Waals surface area contributed by atoms with Crippen molar-refractivity contribution in [1.29, 1.82) is 0 Å². The second-order valence-electron chi connectivity index (χ2n) is 6.14. The van der Waals surface area contributed by atoms with Crippen LogP contribution in [0, 0.1) is 0 Å². The van der Waals surface area contributed by atoms with E-state index in [1.807, 2.05) is 26.0 Å². The van der Waals surface area contributed by atoms with Gasteiger partial charge in [-0.2, -0.15) is 13.2 Å². The van der Waals surface area contributed by atoms with Gasteiger partial charge in [-0.1, -0.05) is 26.0 Å². The van der Waals surface area contributed by atoms with E-state index in [-0.39, 0.29) is 0 Å². The number of aryl methyl sites for hydroxylation is 1. The fourth-order valence-electron chi connectivity index (χ4n) is 3.13. The van der Waals surface area contributed by atoms with Crippen LogP contribution in [-0.2, 0) is 19.0 Å². The first-order valence-corrected chi connectivity index (χ1v) is 9.37.